The maximum absolute atomic E-state index is 13.5. The molecule has 4 aromatic rings. The summed E-state index contributed by atoms with van der Waals surface area (Å²) in [7, 11) is 0. The average molecular weight is 523 g/mol. The zero-order valence-corrected chi connectivity index (χ0v) is 20.9. The number of benzene rings is 1. The fraction of sp³-hybridized carbons (Fsp3) is 0.304. The van der Waals surface area contributed by atoms with Gasteiger partial charge in [-0.05, 0) is 52.0 Å². The minimum absolute atomic E-state index is 0.0620. The van der Waals surface area contributed by atoms with Crippen LogP contribution in [0.5, 0.6) is 5.75 Å². The van der Waals surface area contributed by atoms with Gasteiger partial charge in [0.2, 0.25) is 5.91 Å². The number of fused-ring (bicyclic) bond motifs is 1. The van der Waals surface area contributed by atoms with Gasteiger partial charge >= 0.3 is 0 Å². The predicted molar refractivity (Wildman–Crippen MR) is 129 cm³/mol. The number of hydrogen-bond acceptors (Lipinski definition) is 5. The number of hydrogen-bond donors (Lipinski definition) is 1. The lowest BCUT2D eigenvalue weighted by atomic mass is 10.1. The molecule has 1 N–H and O–H groups in total. The second kappa shape index (κ2) is 9.79. The van der Waals surface area contributed by atoms with Gasteiger partial charge in [0.15, 0.2) is 12.4 Å². The number of aryl methyl sites for hydroxylation is 3. The molecule has 0 atom stereocenters. The number of amides is 1. The summed E-state index contributed by atoms with van der Waals surface area (Å²) in [6.45, 7) is 6.64. The largest absolute Gasteiger partial charge is 0.470 e. The van der Waals surface area contributed by atoms with Gasteiger partial charge in [0.25, 0.3) is 6.43 Å². The first-order valence-electron chi connectivity index (χ1n) is 10.6. The molecule has 0 fully saturated rings. The zero-order chi connectivity index (χ0) is 25.4. The van der Waals surface area contributed by atoms with Crippen molar-refractivity contribution in [3.8, 4) is 5.75 Å². The first-order chi connectivity index (χ1) is 16.5. The van der Waals surface area contributed by atoms with Crippen LogP contribution in [-0.4, -0.2) is 30.5 Å². The number of pyridine rings is 1. The Morgan fingerprint density at radius 2 is 1.80 bits per heavy atom. The van der Waals surface area contributed by atoms with Gasteiger partial charge in [-0.25, -0.2) is 23.1 Å². The number of alkyl halides is 2. The van der Waals surface area contributed by atoms with Gasteiger partial charge in [0, 0.05) is 16.3 Å². The summed E-state index contributed by atoms with van der Waals surface area (Å²) >= 11 is 12.1. The number of ether oxygens (including phenoxy) is 1. The van der Waals surface area contributed by atoms with E-state index in [0.717, 1.165) is 0 Å². The Bertz CT molecular complexity index is 1430. The number of carbonyl (C=O) groups is 1. The third-order valence-electron chi connectivity index (χ3n) is 5.45. The number of carbonyl (C=O) groups excluding carboxylic acids is 1. The van der Waals surface area contributed by atoms with Crippen LogP contribution >= 0.6 is 23.2 Å². The SMILES string of the molecule is Cc1cc(C(F)F)c2c(C)nn(CC(=O)Nc3c(C)nn(COc4ccc(Cl)cc4Cl)c3C)c2n1. The van der Waals surface area contributed by atoms with Crippen molar-refractivity contribution in [1.82, 2.24) is 24.5 Å². The molecule has 1 aromatic carbocycles. The molecular weight excluding hydrogens is 501 g/mol. The average Bonchev–Trinajstić information content (AvgIpc) is 3.22. The summed E-state index contributed by atoms with van der Waals surface area (Å²) in [5, 5.41) is 12.7. The van der Waals surface area contributed by atoms with E-state index in [4.69, 9.17) is 27.9 Å². The van der Waals surface area contributed by atoms with Crippen LogP contribution in [0, 0.1) is 27.7 Å². The number of nitrogens with one attached hydrogen (secondary N) is 1. The van der Waals surface area contributed by atoms with Crippen molar-refractivity contribution in [2.24, 2.45) is 0 Å². The number of halogens is 4. The van der Waals surface area contributed by atoms with Crippen LogP contribution in [0.3, 0.4) is 0 Å². The second-order valence-corrected chi connectivity index (χ2v) is 8.88. The summed E-state index contributed by atoms with van der Waals surface area (Å²) in [6.07, 6.45) is -2.68. The Morgan fingerprint density at radius 1 is 1.09 bits per heavy atom. The second-order valence-electron chi connectivity index (χ2n) is 8.04. The Balaban J connectivity index is 1.52. The van der Waals surface area contributed by atoms with Gasteiger partial charge < -0.3 is 10.1 Å². The molecule has 0 radical (unpaired) electrons. The van der Waals surface area contributed by atoms with Crippen molar-refractivity contribution in [2.45, 2.75) is 47.4 Å². The van der Waals surface area contributed by atoms with E-state index in [0.29, 0.717) is 44.3 Å². The topological polar surface area (TPSA) is 86.9 Å². The van der Waals surface area contributed by atoms with Crippen molar-refractivity contribution < 1.29 is 18.3 Å². The number of aromatic nitrogens is 5. The van der Waals surface area contributed by atoms with Gasteiger partial charge in [0.1, 0.15) is 12.3 Å². The van der Waals surface area contributed by atoms with Crippen LogP contribution in [-0.2, 0) is 18.1 Å². The predicted octanol–water partition coefficient (Wildman–Crippen LogP) is 5.78. The summed E-state index contributed by atoms with van der Waals surface area (Å²) in [5.74, 6) is 0.0461. The van der Waals surface area contributed by atoms with Gasteiger partial charge in [-0.2, -0.15) is 10.2 Å². The van der Waals surface area contributed by atoms with Crippen molar-refractivity contribution >= 4 is 45.8 Å². The highest BCUT2D eigenvalue weighted by atomic mass is 35.5. The molecule has 4 rings (SSSR count). The summed E-state index contributed by atoms with van der Waals surface area (Å²) in [4.78, 5) is 17.2. The third-order valence-corrected chi connectivity index (χ3v) is 5.98. The standard InChI is InChI=1S/C23H22Cl2F2N6O2/c1-11-7-16(22(26)27)20-12(2)30-32(23(20)28-11)9-19(34)29-21-13(3)31-33(14(21)4)10-35-18-6-5-15(24)8-17(18)25/h5-8,22H,9-10H2,1-4H3,(H,29,34). The van der Waals surface area contributed by atoms with E-state index in [1.54, 1.807) is 50.6 Å². The quantitative estimate of drug-likeness (QED) is 0.332. The smallest absolute Gasteiger partial charge is 0.264 e. The van der Waals surface area contributed by atoms with Crippen LogP contribution in [0.4, 0.5) is 14.5 Å². The molecule has 0 bridgehead atoms. The Kier molecular flexibility index (Phi) is 6.95. The maximum atomic E-state index is 13.5. The molecule has 1 amide bonds. The van der Waals surface area contributed by atoms with Crippen LogP contribution in [0.15, 0.2) is 24.3 Å². The lowest BCUT2D eigenvalue weighted by Crippen LogP contribution is -2.20. The van der Waals surface area contributed by atoms with E-state index >= 15 is 0 Å². The molecule has 3 heterocycles. The maximum Gasteiger partial charge on any atom is 0.264 e. The van der Waals surface area contributed by atoms with E-state index in [-0.39, 0.29) is 29.9 Å². The van der Waals surface area contributed by atoms with Crippen LogP contribution in [0.2, 0.25) is 10.0 Å². The molecule has 0 unspecified atom stereocenters. The van der Waals surface area contributed by atoms with E-state index in [1.165, 1.54) is 10.7 Å². The minimum atomic E-state index is -2.68. The fourth-order valence-corrected chi connectivity index (χ4v) is 4.30. The molecule has 184 valence electrons. The summed E-state index contributed by atoms with van der Waals surface area (Å²) < 4.78 is 35.7. The van der Waals surface area contributed by atoms with E-state index in [1.807, 2.05) is 0 Å². The molecule has 8 nitrogen and oxygen atoms in total. The van der Waals surface area contributed by atoms with Crippen LogP contribution in [0.25, 0.3) is 11.0 Å². The van der Waals surface area contributed by atoms with E-state index < -0.39 is 12.3 Å². The monoisotopic (exact) mass is 522 g/mol. The van der Waals surface area contributed by atoms with Crippen molar-refractivity contribution in [1.29, 1.82) is 0 Å². The lowest BCUT2D eigenvalue weighted by molar-refractivity contribution is -0.116. The van der Waals surface area contributed by atoms with Gasteiger partial charge in [-0.3, -0.25) is 4.79 Å². The highest BCUT2D eigenvalue weighted by molar-refractivity contribution is 6.35. The third kappa shape index (κ3) is 5.08. The molecule has 0 aliphatic heterocycles. The Labute approximate surface area is 209 Å². The van der Waals surface area contributed by atoms with Crippen LogP contribution in [0.1, 0.15) is 34.8 Å². The summed E-state index contributed by atoms with van der Waals surface area (Å²) in [6, 6.07) is 6.24. The van der Waals surface area contributed by atoms with E-state index in [2.05, 4.69) is 20.5 Å². The molecule has 0 aliphatic rings. The first-order valence-corrected chi connectivity index (χ1v) is 11.3. The van der Waals surface area contributed by atoms with Gasteiger partial charge in [0.05, 0.1) is 33.2 Å². The number of rotatable bonds is 7. The molecule has 0 spiro atoms. The van der Waals surface area contributed by atoms with E-state index in [9.17, 15) is 13.6 Å². The normalized spacial score (nSPS) is 11.5. The lowest BCUT2D eigenvalue weighted by Gasteiger charge is -2.10. The van der Waals surface area contributed by atoms with Gasteiger partial charge in [-0.1, -0.05) is 23.2 Å². The highest BCUT2D eigenvalue weighted by Gasteiger charge is 2.21. The minimum Gasteiger partial charge on any atom is -0.470 e. The molecule has 0 aliphatic carbocycles. The van der Waals surface area contributed by atoms with Crippen molar-refractivity contribution in [3.05, 3.63) is 62.6 Å². The Hall–Kier alpha value is -3.24. The first kappa shape index (κ1) is 24.9. The van der Waals surface area contributed by atoms with Crippen molar-refractivity contribution in [3.63, 3.8) is 0 Å². The van der Waals surface area contributed by atoms with Gasteiger partial charge in [-0.15, -0.1) is 0 Å². The zero-order valence-electron chi connectivity index (χ0n) is 19.4. The highest BCUT2D eigenvalue weighted by Crippen LogP contribution is 2.30. The van der Waals surface area contributed by atoms with Crippen molar-refractivity contribution in [2.75, 3.05) is 5.32 Å². The molecule has 3 aromatic heterocycles. The fourth-order valence-electron chi connectivity index (χ4n) is 3.84. The molecule has 12 heteroatoms. The number of nitrogens with zero attached hydrogens (tertiary/aromatic N) is 5. The Morgan fingerprint density at radius 3 is 2.49 bits per heavy atom. The summed E-state index contributed by atoms with van der Waals surface area (Å²) in [5.41, 5.74) is 2.66. The molecule has 35 heavy (non-hydrogen) atoms. The molecule has 0 saturated heterocycles. The molecule has 0 saturated carbocycles. The number of anilines is 1. The van der Waals surface area contributed by atoms with Crippen LogP contribution < -0.4 is 10.1 Å². The molecular formula is C23H22Cl2F2N6O2.